The minimum absolute atomic E-state index is 0.150. The zero-order chi connectivity index (χ0) is 19.1. The van der Waals surface area contributed by atoms with Crippen LogP contribution in [0.5, 0.6) is 17.2 Å². The maximum Gasteiger partial charge on any atom is 0.344 e. The second kappa shape index (κ2) is 6.42. The Kier molecular flexibility index (Phi) is 3.76. The van der Waals surface area contributed by atoms with Gasteiger partial charge in [0.15, 0.2) is 23.9 Å². The molecule has 4 aromatic rings. The molecule has 0 atom stereocenters. The molecule has 0 radical (unpaired) electrons. The number of hydrogen-bond donors (Lipinski definition) is 0. The van der Waals surface area contributed by atoms with Crippen LogP contribution in [-0.4, -0.2) is 19.2 Å². The minimum atomic E-state index is -0.406. The molecule has 0 N–H and O–H groups in total. The molecule has 1 aliphatic heterocycles. The van der Waals surface area contributed by atoms with Crippen LogP contribution in [0.3, 0.4) is 0 Å². The van der Waals surface area contributed by atoms with Crippen LogP contribution in [0.15, 0.2) is 69.9 Å². The molecular formula is C22H14O6. The predicted molar refractivity (Wildman–Crippen MR) is 102 cm³/mol. The highest BCUT2D eigenvalue weighted by molar-refractivity contribution is 6.04. The van der Waals surface area contributed by atoms with Crippen molar-refractivity contribution in [2.75, 3.05) is 13.4 Å². The van der Waals surface area contributed by atoms with Gasteiger partial charge in [-0.05, 0) is 41.8 Å². The van der Waals surface area contributed by atoms with E-state index in [0.29, 0.717) is 33.8 Å². The van der Waals surface area contributed by atoms with E-state index in [1.54, 1.807) is 42.5 Å². The van der Waals surface area contributed by atoms with Crippen molar-refractivity contribution in [3.63, 3.8) is 0 Å². The third-order valence-electron chi connectivity index (χ3n) is 4.66. The maximum absolute atomic E-state index is 12.4. The fraction of sp³-hybridized carbons (Fsp3) is 0.0909. The number of carbonyl (C=O) groups excluding carboxylic acids is 1. The summed E-state index contributed by atoms with van der Waals surface area (Å²) in [5, 5.41) is 2.16. The number of ketones is 1. The summed E-state index contributed by atoms with van der Waals surface area (Å²) >= 11 is 0. The summed E-state index contributed by atoms with van der Waals surface area (Å²) in [5.41, 5.74) is 0.482. The fourth-order valence-electron chi connectivity index (χ4n) is 3.25. The number of Topliss-reactive ketones (excluding diaryl/α,β-unsaturated/α-hetero) is 1. The highest BCUT2D eigenvalue weighted by Gasteiger charge is 2.17. The molecule has 5 rings (SSSR count). The van der Waals surface area contributed by atoms with Crippen molar-refractivity contribution in [2.45, 2.75) is 0 Å². The first kappa shape index (κ1) is 16.4. The number of ether oxygens (including phenoxy) is 3. The van der Waals surface area contributed by atoms with Gasteiger partial charge in [0.1, 0.15) is 11.3 Å². The van der Waals surface area contributed by atoms with Crippen LogP contribution < -0.4 is 19.8 Å². The van der Waals surface area contributed by atoms with Crippen LogP contribution >= 0.6 is 0 Å². The van der Waals surface area contributed by atoms with Gasteiger partial charge in [-0.25, -0.2) is 4.79 Å². The molecule has 6 heteroatoms. The average Bonchev–Trinajstić information content (AvgIpc) is 3.20. The Bertz CT molecular complexity index is 1290. The first-order valence-corrected chi connectivity index (χ1v) is 8.70. The molecule has 0 aliphatic carbocycles. The summed E-state index contributed by atoms with van der Waals surface area (Å²) in [5.74, 6) is 1.41. The van der Waals surface area contributed by atoms with Crippen molar-refractivity contribution in [2.24, 2.45) is 0 Å². The summed E-state index contributed by atoms with van der Waals surface area (Å²) in [6, 6.07) is 17.5. The number of benzene rings is 3. The van der Waals surface area contributed by atoms with Crippen LogP contribution in [0.25, 0.3) is 21.7 Å². The second-order valence-electron chi connectivity index (χ2n) is 6.37. The molecule has 28 heavy (non-hydrogen) atoms. The normalized spacial score (nSPS) is 12.4. The van der Waals surface area contributed by atoms with E-state index < -0.39 is 5.63 Å². The Morgan fingerprint density at radius 1 is 0.893 bits per heavy atom. The first-order chi connectivity index (χ1) is 13.7. The van der Waals surface area contributed by atoms with E-state index in [4.69, 9.17) is 18.6 Å². The number of hydrogen-bond acceptors (Lipinski definition) is 6. The van der Waals surface area contributed by atoms with Gasteiger partial charge >= 0.3 is 5.63 Å². The SMILES string of the molecule is O=C(COc1ccc2c(c1)oc(=O)c1ccccc12)c1ccc2c(c1)OCO2. The van der Waals surface area contributed by atoms with Crippen molar-refractivity contribution in [3.8, 4) is 17.2 Å². The summed E-state index contributed by atoms with van der Waals surface area (Å²) in [4.78, 5) is 24.6. The number of carbonyl (C=O) groups is 1. The molecule has 0 bridgehead atoms. The smallest absolute Gasteiger partial charge is 0.344 e. The van der Waals surface area contributed by atoms with Crippen LogP contribution in [0.1, 0.15) is 10.4 Å². The van der Waals surface area contributed by atoms with Crippen LogP contribution in [-0.2, 0) is 0 Å². The molecule has 2 heterocycles. The third-order valence-corrected chi connectivity index (χ3v) is 4.66. The zero-order valence-corrected chi connectivity index (χ0v) is 14.6. The maximum atomic E-state index is 12.4. The van der Waals surface area contributed by atoms with Crippen molar-refractivity contribution in [3.05, 3.63) is 76.6 Å². The van der Waals surface area contributed by atoms with Gasteiger partial charge in [-0.15, -0.1) is 0 Å². The lowest BCUT2D eigenvalue weighted by molar-refractivity contribution is 0.0921. The molecule has 0 fully saturated rings. The summed E-state index contributed by atoms with van der Waals surface area (Å²) in [7, 11) is 0. The predicted octanol–water partition coefficient (Wildman–Crippen LogP) is 3.94. The summed E-state index contributed by atoms with van der Waals surface area (Å²) in [6.07, 6.45) is 0. The van der Waals surface area contributed by atoms with Crippen molar-refractivity contribution in [1.29, 1.82) is 0 Å². The Morgan fingerprint density at radius 3 is 2.61 bits per heavy atom. The van der Waals surface area contributed by atoms with Gasteiger partial charge in [-0.2, -0.15) is 0 Å². The average molecular weight is 374 g/mol. The van der Waals surface area contributed by atoms with E-state index in [1.807, 2.05) is 18.2 Å². The van der Waals surface area contributed by atoms with Gasteiger partial charge in [0, 0.05) is 17.0 Å². The lowest BCUT2D eigenvalue weighted by atomic mass is 10.1. The van der Waals surface area contributed by atoms with E-state index in [0.717, 1.165) is 10.8 Å². The molecule has 138 valence electrons. The molecule has 3 aromatic carbocycles. The lowest BCUT2D eigenvalue weighted by Crippen LogP contribution is -2.11. The Balaban J connectivity index is 1.40. The lowest BCUT2D eigenvalue weighted by Gasteiger charge is -2.08. The molecule has 0 spiro atoms. The van der Waals surface area contributed by atoms with Crippen LogP contribution in [0, 0.1) is 0 Å². The molecule has 6 nitrogen and oxygen atoms in total. The largest absolute Gasteiger partial charge is 0.485 e. The Labute approximate surface area is 158 Å². The Morgan fingerprint density at radius 2 is 1.71 bits per heavy atom. The van der Waals surface area contributed by atoms with Crippen molar-refractivity contribution >= 4 is 27.5 Å². The minimum Gasteiger partial charge on any atom is -0.485 e. The molecular weight excluding hydrogens is 360 g/mol. The highest BCUT2D eigenvalue weighted by Crippen LogP contribution is 2.32. The molecule has 0 unspecified atom stereocenters. The molecule has 0 saturated heterocycles. The highest BCUT2D eigenvalue weighted by atomic mass is 16.7. The Hall–Kier alpha value is -3.80. The van der Waals surface area contributed by atoms with Crippen LogP contribution in [0.4, 0.5) is 0 Å². The fourth-order valence-corrected chi connectivity index (χ4v) is 3.25. The summed E-state index contributed by atoms with van der Waals surface area (Å²) in [6.45, 7) is 0.00339. The third kappa shape index (κ3) is 2.75. The molecule has 0 saturated carbocycles. The van der Waals surface area contributed by atoms with Crippen LogP contribution in [0.2, 0.25) is 0 Å². The quantitative estimate of drug-likeness (QED) is 0.306. The van der Waals surface area contributed by atoms with E-state index in [1.165, 1.54) is 0 Å². The van der Waals surface area contributed by atoms with Gasteiger partial charge in [0.2, 0.25) is 6.79 Å². The second-order valence-corrected chi connectivity index (χ2v) is 6.37. The van der Waals surface area contributed by atoms with Gasteiger partial charge in [0.05, 0.1) is 5.39 Å². The van der Waals surface area contributed by atoms with Crippen molar-refractivity contribution < 1.29 is 23.4 Å². The van der Waals surface area contributed by atoms with E-state index in [9.17, 15) is 9.59 Å². The van der Waals surface area contributed by atoms with Gasteiger partial charge in [-0.3, -0.25) is 4.79 Å². The monoisotopic (exact) mass is 374 g/mol. The topological polar surface area (TPSA) is 75.0 Å². The number of rotatable bonds is 4. The van der Waals surface area contributed by atoms with Gasteiger partial charge in [-0.1, -0.05) is 18.2 Å². The van der Waals surface area contributed by atoms with E-state index in [2.05, 4.69) is 0 Å². The zero-order valence-electron chi connectivity index (χ0n) is 14.6. The van der Waals surface area contributed by atoms with Crippen molar-refractivity contribution in [1.82, 2.24) is 0 Å². The summed E-state index contributed by atoms with van der Waals surface area (Å²) < 4.78 is 21.6. The standard InChI is InChI=1S/C22H14O6/c23-18(13-5-8-19-21(9-13)27-12-26-19)11-25-14-6-7-16-15-3-1-2-4-17(15)22(24)28-20(16)10-14/h1-10H,11-12H2. The van der Waals surface area contributed by atoms with E-state index >= 15 is 0 Å². The van der Waals surface area contributed by atoms with E-state index in [-0.39, 0.29) is 19.2 Å². The molecule has 1 aliphatic rings. The molecule has 0 amide bonds. The molecule has 1 aromatic heterocycles. The van der Waals surface area contributed by atoms with Gasteiger partial charge in [0.25, 0.3) is 0 Å². The number of fused-ring (bicyclic) bond motifs is 4. The first-order valence-electron chi connectivity index (χ1n) is 8.70. The van der Waals surface area contributed by atoms with Gasteiger partial charge < -0.3 is 18.6 Å².